The zero-order chi connectivity index (χ0) is 25.6. The van der Waals surface area contributed by atoms with Crippen molar-refractivity contribution in [1.82, 2.24) is 15.5 Å². The van der Waals surface area contributed by atoms with Crippen LogP contribution in [0.25, 0.3) is 0 Å². The van der Waals surface area contributed by atoms with Gasteiger partial charge in [0, 0.05) is 6.07 Å². The molecular weight excluding hydrogens is 515 g/mol. The van der Waals surface area contributed by atoms with Crippen molar-refractivity contribution in [1.29, 1.82) is 0 Å². The predicted octanol–water partition coefficient (Wildman–Crippen LogP) is 4.03. The van der Waals surface area contributed by atoms with Gasteiger partial charge in [0.1, 0.15) is 29.3 Å². The summed E-state index contributed by atoms with van der Waals surface area (Å²) in [6.45, 7) is -1.49. The second kappa shape index (κ2) is 11.3. The average molecular weight is 533 g/mol. The van der Waals surface area contributed by atoms with Gasteiger partial charge in [-0.25, -0.2) is 4.39 Å². The molecule has 1 aliphatic heterocycles. The summed E-state index contributed by atoms with van der Waals surface area (Å²) < 4.78 is 106. The number of carbonyl (C=O) groups is 1. The lowest BCUT2D eigenvalue weighted by molar-refractivity contribution is -0.325. The fourth-order valence-electron chi connectivity index (χ4n) is 2.99. The highest BCUT2D eigenvalue weighted by molar-refractivity contribution is 7.13. The van der Waals surface area contributed by atoms with E-state index in [1.165, 1.54) is 0 Å². The summed E-state index contributed by atoms with van der Waals surface area (Å²) in [4.78, 5) is 12.1. The summed E-state index contributed by atoms with van der Waals surface area (Å²) in [5.74, 6) is -2.32. The Labute approximate surface area is 197 Å². The molecule has 2 aromatic rings. The molecule has 0 unspecified atom stereocenters. The Morgan fingerprint density at radius 2 is 1.89 bits per heavy atom. The highest BCUT2D eigenvalue weighted by Gasteiger charge is 2.34. The van der Waals surface area contributed by atoms with Crippen molar-refractivity contribution in [2.24, 2.45) is 0 Å². The van der Waals surface area contributed by atoms with E-state index in [0.29, 0.717) is 30.0 Å². The van der Waals surface area contributed by atoms with Gasteiger partial charge in [-0.1, -0.05) is 16.4 Å². The van der Waals surface area contributed by atoms with Gasteiger partial charge in [0.15, 0.2) is 6.61 Å². The average Bonchev–Trinajstić information content (AvgIpc) is 3.23. The number of ether oxygens (including phenoxy) is 4. The molecule has 1 fully saturated rings. The van der Waals surface area contributed by atoms with Crippen LogP contribution in [0, 0.1) is 5.82 Å². The van der Waals surface area contributed by atoms with Gasteiger partial charge in [-0.15, -0.1) is 18.3 Å². The molecule has 1 N–H and O–H groups in total. The standard InChI is InChI=1S/C19H18F7N3O5S/c20-13-7-11(2-3-12(13)18(21,22)23)32-9-15(30)27-10-1-4-14(33-8-10)16-28-29-17(35-16)31-5-6-34-19(24,25)26/h2-3,7,10,14H,1,4-6,8-9H2,(H,27,30)/t10-,14+/m1/s1. The van der Waals surface area contributed by atoms with Gasteiger partial charge >= 0.3 is 12.5 Å². The van der Waals surface area contributed by atoms with Gasteiger partial charge < -0.3 is 19.5 Å². The molecule has 1 aliphatic rings. The quantitative estimate of drug-likeness (QED) is 0.385. The minimum absolute atomic E-state index is 0.0571. The van der Waals surface area contributed by atoms with Crippen LogP contribution < -0.4 is 14.8 Å². The highest BCUT2D eigenvalue weighted by Crippen LogP contribution is 2.33. The number of rotatable bonds is 9. The summed E-state index contributed by atoms with van der Waals surface area (Å²) in [7, 11) is 0. The Morgan fingerprint density at radius 3 is 2.51 bits per heavy atom. The van der Waals surface area contributed by atoms with E-state index in [9.17, 15) is 35.5 Å². The predicted molar refractivity (Wildman–Crippen MR) is 104 cm³/mol. The van der Waals surface area contributed by atoms with Crippen LogP contribution in [0.1, 0.15) is 29.5 Å². The van der Waals surface area contributed by atoms with Crippen molar-refractivity contribution < 1.29 is 54.5 Å². The van der Waals surface area contributed by atoms with Crippen LogP contribution in [-0.4, -0.2) is 54.9 Å². The fourth-order valence-corrected chi connectivity index (χ4v) is 3.79. The van der Waals surface area contributed by atoms with E-state index >= 15 is 0 Å². The molecule has 1 aromatic heterocycles. The molecule has 0 bridgehead atoms. The molecule has 2 atom stereocenters. The molecule has 0 spiro atoms. The number of carbonyl (C=O) groups excluding carboxylic acids is 1. The summed E-state index contributed by atoms with van der Waals surface area (Å²) in [6, 6.07) is 1.61. The normalized spacial score (nSPS) is 18.8. The molecule has 0 radical (unpaired) electrons. The molecule has 35 heavy (non-hydrogen) atoms. The Hall–Kier alpha value is -2.72. The lowest BCUT2D eigenvalue weighted by Crippen LogP contribution is -2.43. The molecule has 1 amide bonds. The number of halogens is 7. The smallest absolute Gasteiger partial charge is 0.484 e. The molecule has 0 aliphatic carbocycles. The molecule has 0 saturated carbocycles. The largest absolute Gasteiger partial charge is 0.522 e. The van der Waals surface area contributed by atoms with Crippen LogP contribution >= 0.6 is 11.3 Å². The first-order valence-corrected chi connectivity index (χ1v) is 10.8. The molecule has 8 nitrogen and oxygen atoms in total. The van der Waals surface area contributed by atoms with Gasteiger partial charge in [-0.2, -0.15) is 13.2 Å². The van der Waals surface area contributed by atoms with Crippen LogP contribution in [0.5, 0.6) is 10.9 Å². The third kappa shape index (κ3) is 8.47. The van der Waals surface area contributed by atoms with Crippen molar-refractivity contribution >= 4 is 17.2 Å². The number of amides is 1. The van der Waals surface area contributed by atoms with E-state index in [1.807, 2.05) is 0 Å². The topological polar surface area (TPSA) is 91.8 Å². The number of hydrogen-bond acceptors (Lipinski definition) is 8. The zero-order valence-corrected chi connectivity index (χ0v) is 18.4. The van der Waals surface area contributed by atoms with Crippen molar-refractivity contribution in [2.45, 2.75) is 37.5 Å². The molecule has 2 heterocycles. The second-order valence-corrected chi connectivity index (χ2v) is 8.11. The molecule has 3 rings (SSSR count). The monoisotopic (exact) mass is 533 g/mol. The Balaban J connectivity index is 1.38. The summed E-state index contributed by atoms with van der Waals surface area (Å²) in [6.07, 6.45) is -9.10. The van der Waals surface area contributed by atoms with Crippen molar-refractivity contribution in [3.8, 4) is 10.9 Å². The minimum Gasteiger partial charge on any atom is -0.484 e. The first kappa shape index (κ1) is 26.9. The van der Waals surface area contributed by atoms with Gasteiger partial charge in [-0.3, -0.25) is 9.53 Å². The SMILES string of the molecule is O=C(COc1ccc(C(F)(F)F)c(F)c1)N[C@@H]1CC[C@@H](c2nnc(OCCOC(F)(F)F)s2)OC1. The highest BCUT2D eigenvalue weighted by atomic mass is 32.1. The number of alkyl halides is 6. The maximum Gasteiger partial charge on any atom is 0.522 e. The molecular formula is C19H18F7N3O5S. The fraction of sp³-hybridized carbons (Fsp3) is 0.526. The first-order valence-electron chi connectivity index (χ1n) is 9.98. The maximum atomic E-state index is 13.6. The Morgan fingerprint density at radius 1 is 1.11 bits per heavy atom. The lowest BCUT2D eigenvalue weighted by Gasteiger charge is -2.28. The van der Waals surface area contributed by atoms with E-state index in [-0.39, 0.29) is 30.2 Å². The molecule has 1 aromatic carbocycles. The Bertz CT molecular complexity index is 994. The summed E-state index contributed by atoms with van der Waals surface area (Å²) in [5, 5.41) is 10.8. The summed E-state index contributed by atoms with van der Waals surface area (Å²) in [5.41, 5.74) is -1.44. The van der Waals surface area contributed by atoms with Gasteiger partial charge in [-0.05, 0) is 25.0 Å². The van der Waals surface area contributed by atoms with Crippen molar-refractivity contribution in [3.63, 3.8) is 0 Å². The lowest BCUT2D eigenvalue weighted by atomic mass is 10.1. The third-order valence-electron chi connectivity index (χ3n) is 4.53. The van der Waals surface area contributed by atoms with Crippen LogP contribution in [0.4, 0.5) is 30.7 Å². The van der Waals surface area contributed by atoms with Crippen LogP contribution in [0.15, 0.2) is 18.2 Å². The first-order chi connectivity index (χ1) is 16.4. The summed E-state index contributed by atoms with van der Waals surface area (Å²) >= 11 is 1.01. The number of nitrogens with one attached hydrogen (secondary N) is 1. The van der Waals surface area contributed by atoms with E-state index < -0.39 is 49.1 Å². The van der Waals surface area contributed by atoms with Crippen LogP contribution in [0.2, 0.25) is 0 Å². The number of nitrogens with zero attached hydrogens (tertiary/aromatic N) is 2. The molecule has 16 heteroatoms. The van der Waals surface area contributed by atoms with Crippen LogP contribution in [0.3, 0.4) is 0 Å². The van der Waals surface area contributed by atoms with E-state index in [0.717, 1.165) is 17.4 Å². The number of hydrogen-bond donors (Lipinski definition) is 1. The van der Waals surface area contributed by atoms with E-state index in [2.05, 4.69) is 20.3 Å². The number of benzene rings is 1. The van der Waals surface area contributed by atoms with E-state index in [1.54, 1.807) is 0 Å². The Kier molecular flexibility index (Phi) is 8.71. The van der Waals surface area contributed by atoms with E-state index in [4.69, 9.17) is 14.2 Å². The zero-order valence-electron chi connectivity index (χ0n) is 17.6. The molecule has 194 valence electrons. The van der Waals surface area contributed by atoms with Gasteiger partial charge in [0.25, 0.3) is 11.1 Å². The second-order valence-electron chi connectivity index (χ2n) is 7.14. The minimum atomic E-state index is -4.84. The number of aromatic nitrogens is 2. The van der Waals surface area contributed by atoms with Crippen LogP contribution in [-0.2, 0) is 20.4 Å². The van der Waals surface area contributed by atoms with Gasteiger partial charge in [0.05, 0.1) is 24.8 Å². The van der Waals surface area contributed by atoms with Gasteiger partial charge in [0.2, 0.25) is 0 Å². The van der Waals surface area contributed by atoms with Crippen molar-refractivity contribution in [2.75, 3.05) is 26.4 Å². The third-order valence-corrected chi connectivity index (χ3v) is 5.46. The molecule has 1 saturated heterocycles. The van der Waals surface area contributed by atoms with Crippen molar-refractivity contribution in [3.05, 3.63) is 34.6 Å². The maximum absolute atomic E-state index is 13.6.